The summed E-state index contributed by atoms with van der Waals surface area (Å²) in [5, 5.41) is 13.2. The van der Waals surface area contributed by atoms with Crippen LogP contribution in [0.2, 0.25) is 0 Å². The number of hydrogen-bond donors (Lipinski definition) is 2. The summed E-state index contributed by atoms with van der Waals surface area (Å²) in [6.07, 6.45) is 0. The van der Waals surface area contributed by atoms with Gasteiger partial charge in [0.2, 0.25) is 0 Å². The van der Waals surface area contributed by atoms with E-state index in [1.165, 1.54) is 0 Å². The summed E-state index contributed by atoms with van der Waals surface area (Å²) in [6.45, 7) is 5.86. The number of aryl methyl sites for hydroxylation is 1. The highest BCUT2D eigenvalue weighted by Gasteiger charge is 2.14. The molecular weight excluding hydrogens is 176 g/mol. The average molecular weight is 192 g/mol. The number of piperazine rings is 1. The van der Waals surface area contributed by atoms with Crippen LogP contribution in [0.1, 0.15) is 5.56 Å². The fourth-order valence-electron chi connectivity index (χ4n) is 1.80. The molecule has 1 aliphatic rings. The smallest absolute Gasteiger partial charge is 0.141 e. The van der Waals surface area contributed by atoms with Crippen LogP contribution >= 0.6 is 0 Å². The third-order valence-corrected chi connectivity index (χ3v) is 2.67. The number of anilines is 1. The van der Waals surface area contributed by atoms with Gasteiger partial charge >= 0.3 is 0 Å². The van der Waals surface area contributed by atoms with E-state index in [2.05, 4.69) is 10.2 Å². The maximum Gasteiger partial charge on any atom is 0.141 e. The first-order chi connectivity index (χ1) is 6.79. The number of hydrogen-bond acceptors (Lipinski definition) is 3. The van der Waals surface area contributed by atoms with Crippen molar-refractivity contribution in [2.45, 2.75) is 6.92 Å². The van der Waals surface area contributed by atoms with E-state index in [0.717, 1.165) is 37.4 Å². The molecule has 14 heavy (non-hydrogen) atoms. The van der Waals surface area contributed by atoms with Crippen LogP contribution in [0.15, 0.2) is 18.2 Å². The Bertz CT molecular complexity index is 319. The number of phenolic OH excluding ortho intramolecular Hbond substituents is 1. The van der Waals surface area contributed by atoms with Gasteiger partial charge in [-0.15, -0.1) is 0 Å². The largest absolute Gasteiger partial charge is 0.505 e. The van der Waals surface area contributed by atoms with Crippen molar-refractivity contribution in [3.63, 3.8) is 0 Å². The van der Waals surface area contributed by atoms with Gasteiger partial charge in [-0.3, -0.25) is 0 Å². The summed E-state index contributed by atoms with van der Waals surface area (Å²) < 4.78 is 0. The first-order valence-electron chi connectivity index (χ1n) is 5.03. The van der Waals surface area contributed by atoms with Crippen molar-refractivity contribution in [2.75, 3.05) is 31.1 Å². The Kier molecular flexibility index (Phi) is 2.59. The maximum absolute atomic E-state index is 9.89. The molecule has 1 aliphatic heterocycles. The zero-order chi connectivity index (χ0) is 9.97. The summed E-state index contributed by atoms with van der Waals surface area (Å²) in [5.41, 5.74) is 1.91. The van der Waals surface area contributed by atoms with Gasteiger partial charge in [-0.2, -0.15) is 0 Å². The van der Waals surface area contributed by atoms with Crippen LogP contribution in [0.3, 0.4) is 0 Å². The molecule has 2 N–H and O–H groups in total. The molecule has 0 unspecified atom stereocenters. The Balaban J connectivity index is 2.26. The van der Waals surface area contributed by atoms with Crippen LogP contribution in [-0.2, 0) is 0 Å². The van der Waals surface area contributed by atoms with Crippen LogP contribution in [-0.4, -0.2) is 31.3 Å². The number of benzene rings is 1. The monoisotopic (exact) mass is 192 g/mol. The van der Waals surface area contributed by atoms with E-state index in [-0.39, 0.29) is 0 Å². The minimum atomic E-state index is 0.425. The molecule has 1 fully saturated rings. The summed E-state index contributed by atoms with van der Waals surface area (Å²) in [4.78, 5) is 2.22. The Hall–Kier alpha value is -1.22. The molecule has 0 saturated carbocycles. The Morgan fingerprint density at radius 1 is 1.29 bits per heavy atom. The normalized spacial score (nSPS) is 17.1. The van der Waals surface area contributed by atoms with E-state index < -0.39 is 0 Å². The second-order valence-electron chi connectivity index (χ2n) is 3.68. The van der Waals surface area contributed by atoms with E-state index in [1.54, 1.807) is 0 Å². The molecule has 0 radical (unpaired) electrons. The van der Waals surface area contributed by atoms with Crippen molar-refractivity contribution in [1.82, 2.24) is 5.32 Å². The lowest BCUT2D eigenvalue weighted by atomic mass is 10.1. The van der Waals surface area contributed by atoms with Gasteiger partial charge in [-0.25, -0.2) is 0 Å². The van der Waals surface area contributed by atoms with Crippen LogP contribution < -0.4 is 10.2 Å². The summed E-state index contributed by atoms with van der Waals surface area (Å²) in [7, 11) is 0. The van der Waals surface area contributed by atoms with Crippen LogP contribution in [0, 0.1) is 6.92 Å². The maximum atomic E-state index is 9.89. The Labute approximate surface area is 84.4 Å². The summed E-state index contributed by atoms with van der Waals surface area (Å²) >= 11 is 0. The number of rotatable bonds is 1. The van der Waals surface area contributed by atoms with Crippen LogP contribution in [0.25, 0.3) is 0 Å². The number of nitrogens with one attached hydrogen (secondary N) is 1. The molecule has 1 aromatic rings. The predicted molar refractivity (Wildman–Crippen MR) is 57.9 cm³/mol. The lowest BCUT2D eigenvalue weighted by molar-refractivity contribution is 0.466. The van der Waals surface area contributed by atoms with Gasteiger partial charge in [0.15, 0.2) is 0 Å². The number of para-hydroxylation sites is 1. The Morgan fingerprint density at radius 2 is 2.00 bits per heavy atom. The van der Waals surface area contributed by atoms with E-state index in [0.29, 0.717) is 5.75 Å². The second-order valence-corrected chi connectivity index (χ2v) is 3.68. The highest BCUT2D eigenvalue weighted by molar-refractivity contribution is 5.61. The fraction of sp³-hybridized carbons (Fsp3) is 0.455. The number of phenols is 1. The molecule has 1 saturated heterocycles. The summed E-state index contributed by atoms with van der Waals surface area (Å²) in [6, 6.07) is 5.90. The highest BCUT2D eigenvalue weighted by Crippen LogP contribution is 2.30. The highest BCUT2D eigenvalue weighted by atomic mass is 16.3. The van der Waals surface area contributed by atoms with Crippen LogP contribution in [0.5, 0.6) is 5.75 Å². The minimum absolute atomic E-state index is 0.425. The minimum Gasteiger partial charge on any atom is -0.505 e. The fourth-order valence-corrected chi connectivity index (χ4v) is 1.80. The molecule has 1 aromatic carbocycles. The molecule has 1 heterocycles. The lowest BCUT2D eigenvalue weighted by Gasteiger charge is -2.30. The number of aromatic hydroxyl groups is 1. The zero-order valence-corrected chi connectivity index (χ0v) is 8.45. The van der Waals surface area contributed by atoms with Gasteiger partial charge in [-0.05, 0) is 18.6 Å². The van der Waals surface area contributed by atoms with E-state index in [1.807, 2.05) is 25.1 Å². The molecule has 0 spiro atoms. The van der Waals surface area contributed by atoms with Gasteiger partial charge in [0.1, 0.15) is 5.75 Å². The molecule has 0 aromatic heterocycles. The van der Waals surface area contributed by atoms with Crippen molar-refractivity contribution in [3.8, 4) is 5.75 Å². The molecule has 0 bridgehead atoms. The van der Waals surface area contributed by atoms with Crippen molar-refractivity contribution in [2.24, 2.45) is 0 Å². The summed E-state index contributed by atoms with van der Waals surface area (Å²) in [5.74, 6) is 0.425. The molecule has 3 nitrogen and oxygen atoms in total. The van der Waals surface area contributed by atoms with E-state index in [9.17, 15) is 5.11 Å². The first-order valence-corrected chi connectivity index (χ1v) is 5.03. The molecule has 76 valence electrons. The average Bonchev–Trinajstić information content (AvgIpc) is 2.23. The standard InChI is InChI=1S/C11H16N2O/c1-9-3-2-4-10(11(9)14)13-7-5-12-6-8-13/h2-4,12,14H,5-8H2,1H3. The molecule has 0 amide bonds. The van der Waals surface area contributed by atoms with Crippen molar-refractivity contribution < 1.29 is 5.11 Å². The van der Waals surface area contributed by atoms with Gasteiger partial charge in [0.25, 0.3) is 0 Å². The topological polar surface area (TPSA) is 35.5 Å². The lowest BCUT2D eigenvalue weighted by Crippen LogP contribution is -2.43. The molecule has 3 heteroatoms. The third kappa shape index (κ3) is 1.68. The molecular formula is C11H16N2O. The van der Waals surface area contributed by atoms with E-state index in [4.69, 9.17) is 0 Å². The molecule has 0 aliphatic carbocycles. The molecule has 2 rings (SSSR count). The van der Waals surface area contributed by atoms with Crippen LogP contribution in [0.4, 0.5) is 5.69 Å². The van der Waals surface area contributed by atoms with Crippen molar-refractivity contribution in [1.29, 1.82) is 0 Å². The van der Waals surface area contributed by atoms with Crippen molar-refractivity contribution >= 4 is 5.69 Å². The third-order valence-electron chi connectivity index (χ3n) is 2.67. The van der Waals surface area contributed by atoms with Gasteiger partial charge < -0.3 is 15.3 Å². The van der Waals surface area contributed by atoms with Crippen molar-refractivity contribution in [3.05, 3.63) is 23.8 Å². The van der Waals surface area contributed by atoms with E-state index >= 15 is 0 Å². The first kappa shape index (κ1) is 9.34. The van der Waals surface area contributed by atoms with Gasteiger partial charge in [-0.1, -0.05) is 12.1 Å². The SMILES string of the molecule is Cc1cccc(N2CCNCC2)c1O. The quantitative estimate of drug-likeness (QED) is 0.699. The Morgan fingerprint density at radius 3 is 2.71 bits per heavy atom. The van der Waals surface area contributed by atoms with Gasteiger partial charge in [0.05, 0.1) is 5.69 Å². The predicted octanol–water partition coefficient (Wildman–Crippen LogP) is 1.11. The molecule has 0 atom stereocenters. The second kappa shape index (κ2) is 3.88. The number of nitrogens with zero attached hydrogens (tertiary/aromatic N) is 1. The zero-order valence-electron chi connectivity index (χ0n) is 8.45. The van der Waals surface area contributed by atoms with Gasteiger partial charge in [0, 0.05) is 26.2 Å².